The molecule has 1 heterocycles. The Morgan fingerprint density at radius 2 is 1.49 bits per heavy atom. The number of nitriles is 1. The lowest BCUT2D eigenvalue weighted by Gasteiger charge is -2.26. The number of carbonyl (C=O) groups excluding carboxylic acids is 2. The molecule has 1 N–H and O–H groups in total. The van der Waals surface area contributed by atoms with Gasteiger partial charge in [0, 0.05) is 5.69 Å². The van der Waals surface area contributed by atoms with Crippen molar-refractivity contribution < 1.29 is 28.9 Å². The standard InChI is InChI=1S/C31H30N2O6/c1-31(2,3)20-10-14-23(37-4)22(16-20)28(34)26-27(19-9-13-24(38-5)25(15-19)39-6)33(30(36)29(26)35)21-11-7-18(17-32)8-12-21/h7-16,27,34H,1-6H3/b28-26+. The van der Waals surface area contributed by atoms with E-state index in [1.165, 1.54) is 26.2 Å². The Balaban J connectivity index is 2.02. The number of ether oxygens (including phenoxy) is 3. The van der Waals surface area contributed by atoms with Crippen molar-refractivity contribution in [2.75, 3.05) is 26.2 Å². The fraction of sp³-hybridized carbons (Fsp3) is 0.258. The number of hydrogen-bond acceptors (Lipinski definition) is 7. The molecule has 1 unspecified atom stereocenters. The van der Waals surface area contributed by atoms with Gasteiger partial charge in [-0.15, -0.1) is 0 Å². The van der Waals surface area contributed by atoms with E-state index in [2.05, 4.69) is 0 Å². The van der Waals surface area contributed by atoms with Gasteiger partial charge in [-0.3, -0.25) is 14.5 Å². The van der Waals surface area contributed by atoms with E-state index in [4.69, 9.17) is 14.2 Å². The molecule has 0 radical (unpaired) electrons. The molecule has 1 atom stereocenters. The monoisotopic (exact) mass is 526 g/mol. The molecule has 0 bridgehead atoms. The lowest BCUT2D eigenvalue weighted by atomic mass is 9.85. The van der Waals surface area contributed by atoms with Crippen molar-refractivity contribution in [1.29, 1.82) is 5.26 Å². The Morgan fingerprint density at radius 1 is 0.872 bits per heavy atom. The molecule has 4 rings (SSSR count). The Kier molecular flexibility index (Phi) is 7.37. The summed E-state index contributed by atoms with van der Waals surface area (Å²) >= 11 is 0. The maximum absolute atomic E-state index is 13.6. The summed E-state index contributed by atoms with van der Waals surface area (Å²) in [6.45, 7) is 6.10. The summed E-state index contributed by atoms with van der Waals surface area (Å²) in [5.74, 6) is -0.793. The van der Waals surface area contributed by atoms with E-state index < -0.39 is 17.7 Å². The zero-order valence-electron chi connectivity index (χ0n) is 22.7. The highest BCUT2D eigenvalue weighted by molar-refractivity contribution is 6.51. The summed E-state index contributed by atoms with van der Waals surface area (Å²) in [5.41, 5.74) is 2.18. The number of hydrogen-bond donors (Lipinski definition) is 1. The third-order valence-electron chi connectivity index (χ3n) is 6.76. The van der Waals surface area contributed by atoms with Gasteiger partial charge < -0.3 is 19.3 Å². The fourth-order valence-electron chi connectivity index (χ4n) is 4.64. The van der Waals surface area contributed by atoms with Gasteiger partial charge in [-0.25, -0.2) is 0 Å². The Labute approximate surface area is 227 Å². The molecule has 8 heteroatoms. The van der Waals surface area contributed by atoms with E-state index >= 15 is 0 Å². The number of Topliss-reactive ketones (excluding diaryl/α,β-unsaturated/α-hetero) is 1. The van der Waals surface area contributed by atoms with Gasteiger partial charge in [0.15, 0.2) is 11.5 Å². The predicted octanol–water partition coefficient (Wildman–Crippen LogP) is 5.51. The van der Waals surface area contributed by atoms with Crippen LogP contribution in [0.4, 0.5) is 5.69 Å². The first-order valence-corrected chi connectivity index (χ1v) is 12.3. The topological polar surface area (TPSA) is 109 Å². The zero-order valence-corrected chi connectivity index (χ0v) is 22.7. The van der Waals surface area contributed by atoms with Crippen LogP contribution in [0.2, 0.25) is 0 Å². The lowest BCUT2D eigenvalue weighted by Crippen LogP contribution is -2.29. The molecule has 1 fully saturated rings. The van der Waals surface area contributed by atoms with Crippen molar-refractivity contribution in [2.24, 2.45) is 0 Å². The molecule has 1 saturated heterocycles. The fourth-order valence-corrected chi connectivity index (χ4v) is 4.64. The Morgan fingerprint density at radius 3 is 2.05 bits per heavy atom. The molecular weight excluding hydrogens is 496 g/mol. The minimum Gasteiger partial charge on any atom is -0.507 e. The summed E-state index contributed by atoms with van der Waals surface area (Å²) in [6, 6.07) is 17.8. The molecule has 8 nitrogen and oxygen atoms in total. The quantitative estimate of drug-likeness (QED) is 0.256. The largest absolute Gasteiger partial charge is 0.507 e. The van der Waals surface area contributed by atoms with Crippen LogP contribution in [0.25, 0.3) is 5.76 Å². The summed E-state index contributed by atoms with van der Waals surface area (Å²) in [4.78, 5) is 28.5. The number of amides is 1. The van der Waals surface area contributed by atoms with Gasteiger partial charge in [0.25, 0.3) is 11.7 Å². The van der Waals surface area contributed by atoms with E-state index in [0.29, 0.717) is 39.6 Å². The summed E-state index contributed by atoms with van der Waals surface area (Å²) in [5, 5.41) is 20.9. The first-order chi connectivity index (χ1) is 18.5. The van der Waals surface area contributed by atoms with Crippen molar-refractivity contribution in [2.45, 2.75) is 32.2 Å². The number of carbonyl (C=O) groups is 2. The lowest BCUT2D eigenvalue weighted by molar-refractivity contribution is -0.132. The van der Waals surface area contributed by atoms with E-state index in [0.717, 1.165) is 5.56 Å². The average molecular weight is 527 g/mol. The number of nitrogens with zero attached hydrogens (tertiary/aromatic N) is 2. The minimum atomic E-state index is -0.999. The van der Waals surface area contributed by atoms with Crippen molar-refractivity contribution in [3.8, 4) is 23.3 Å². The smallest absolute Gasteiger partial charge is 0.300 e. The van der Waals surface area contributed by atoms with E-state index in [9.17, 15) is 20.0 Å². The molecule has 1 amide bonds. The van der Waals surface area contributed by atoms with Crippen LogP contribution >= 0.6 is 0 Å². The molecule has 3 aromatic rings. The van der Waals surface area contributed by atoms with E-state index in [1.54, 1.807) is 54.6 Å². The second-order valence-corrected chi connectivity index (χ2v) is 10.1. The molecule has 0 aliphatic carbocycles. The van der Waals surface area contributed by atoms with Crippen LogP contribution in [0, 0.1) is 11.3 Å². The Bertz CT molecular complexity index is 1510. The third kappa shape index (κ3) is 4.91. The number of methoxy groups -OCH3 is 3. The van der Waals surface area contributed by atoms with Crippen molar-refractivity contribution >= 4 is 23.1 Å². The van der Waals surface area contributed by atoms with Crippen molar-refractivity contribution in [3.05, 3.63) is 88.5 Å². The van der Waals surface area contributed by atoms with Crippen LogP contribution in [0.3, 0.4) is 0 Å². The van der Waals surface area contributed by atoms with Gasteiger partial charge in [-0.2, -0.15) is 5.26 Å². The maximum atomic E-state index is 13.6. The van der Waals surface area contributed by atoms with E-state index in [1.807, 2.05) is 32.9 Å². The van der Waals surface area contributed by atoms with Gasteiger partial charge in [0.1, 0.15) is 11.5 Å². The van der Waals surface area contributed by atoms with Gasteiger partial charge in [0.2, 0.25) is 0 Å². The average Bonchev–Trinajstić information content (AvgIpc) is 3.21. The normalized spacial score (nSPS) is 16.6. The van der Waals surface area contributed by atoms with Crippen LogP contribution in [0.15, 0.2) is 66.2 Å². The van der Waals surface area contributed by atoms with Crippen LogP contribution in [0.1, 0.15) is 49.1 Å². The highest BCUT2D eigenvalue weighted by Crippen LogP contribution is 2.45. The second kappa shape index (κ2) is 10.5. The molecule has 0 spiro atoms. The first kappa shape index (κ1) is 27.3. The van der Waals surface area contributed by atoms with Crippen LogP contribution in [0.5, 0.6) is 17.2 Å². The second-order valence-electron chi connectivity index (χ2n) is 10.1. The minimum absolute atomic E-state index is 0.0964. The maximum Gasteiger partial charge on any atom is 0.300 e. The SMILES string of the molecule is COc1ccc(C2/C(=C(\O)c3cc(C(C)(C)C)ccc3OC)C(=O)C(=O)N2c2ccc(C#N)cc2)cc1OC. The van der Waals surface area contributed by atoms with E-state index in [-0.39, 0.29) is 16.7 Å². The van der Waals surface area contributed by atoms with Gasteiger partial charge in [-0.1, -0.05) is 32.9 Å². The number of benzene rings is 3. The number of rotatable bonds is 6. The van der Waals surface area contributed by atoms with Gasteiger partial charge in [0.05, 0.1) is 50.1 Å². The number of aliphatic hydroxyl groups excluding tert-OH is 1. The number of aliphatic hydroxyl groups is 1. The molecule has 1 aliphatic heterocycles. The van der Waals surface area contributed by atoms with Crippen LogP contribution in [-0.2, 0) is 15.0 Å². The highest BCUT2D eigenvalue weighted by atomic mass is 16.5. The molecule has 200 valence electrons. The molecule has 39 heavy (non-hydrogen) atoms. The van der Waals surface area contributed by atoms with Crippen molar-refractivity contribution in [1.82, 2.24) is 0 Å². The molecule has 3 aromatic carbocycles. The third-order valence-corrected chi connectivity index (χ3v) is 6.76. The van der Waals surface area contributed by atoms with Crippen LogP contribution in [-0.4, -0.2) is 38.1 Å². The molecule has 0 aromatic heterocycles. The number of anilines is 1. The van der Waals surface area contributed by atoms with Gasteiger partial charge in [-0.05, 0) is 65.1 Å². The summed E-state index contributed by atoms with van der Waals surface area (Å²) in [7, 11) is 4.47. The highest BCUT2D eigenvalue weighted by Gasteiger charge is 2.47. The molecule has 0 saturated carbocycles. The summed E-state index contributed by atoms with van der Waals surface area (Å²) < 4.78 is 16.4. The molecular formula is C31H30N2O6. The first-order valence-electron chi connectivity index (χ1n) is 12.3. The molecule has 1 aliphatic rings. The van der Waals surface area contributed by atoms with Gasteiger partial charge >= 0.3 is 0 Å². The summed E-state index contributed by atoms with van der Waals surface area (Å²) in [6.07, 6.45) is 0. The predicted molar refractivity (Wildman–Crippen MR) is 147 cm³/mol. The van der Waals surface area contributed by atoms with Crippen molar-refractivity contribution in [3.63, 3.8) is 0 Å². The number of ketones is 1. The Hall–Kier alpha value is -4.77. The zero-order chi connectivity index (χ0) is 28.5. The van der Waals surface area contributed by atoms with Crippen LogP contribution < -0.4 is 19.1 Å².